The molecule has 0 unspecified atom stereocenters. The Labute approximate surface area is 116 Å². The van der Waals surface area contributed by atoms with Gasteiger partial charge < -0.3 is 9.47 Å². The quantitative estimate of drug-likeness (QED) is 0.796. The highest BCUT2D eigenvalue weighted by atomic mass is 79.9. The minimum absolute atomic E-state index is 0.511. The van der Waals surface area contributed by atoms with E-state index in [0.717, 1.165) is 22.6 Å². The Morgan fingerprint density at radius 3 is 3.06 bits per heavy atom. The molecule has 1 fully saturated rings. The van der Waals surface area contributed by atoms with Crippen molar-refractivity contribution in [3.8, 4) is 11.5 Å². The maximum atomic E-state index is 5.97. The number of rotatable bonds is 1. The molecule has 3 rings (SSSR count). The lowest BCUT2D eigenvalue weighted by molar-refractivity contribution is 0.0847. The number of likely N-dealkylation sites (N-methyl/N-ethyl adjacent to an activating group) is 1. The van der Waals surface area contributed by atoms with Crippen LogP contribution in [-0.2, 0) is 0 Å². The van der Waals surface area contributed by atoms with Crippen LogP contribution < -0.4 is 9.47 Å². The van der Waals surface area contributed by atoms with E-state index in [1.165, 1.54) is 24.9 Å². The van der Waals surface area contributed by atoms with Gasteiger partial charge in [-0.3, -0.25) is 4.90 Å². The molecule has 0 aromatic heterocycles. The third kappa shape index (κ3) is 1.82. The van der Waals surface area contributed by atoms with Gasteiger partial charge in [-0.1, -0.05) is 6.07 Å². The molecule has 2 atom stereocenters. The van der Waals surface area contributed by atoms with E-state index >= 15 is 0 Å². The van der Waals surface area contributed by atoms with Gasteiger partial charge in [0.2, 0.25) is 0 Å². The van der Waals surface area contributed by atoms with Crippen LogP contribution >= 0.6 is 15.9 Å². The summed E-state index contributed by atoms with van der Waals surface area (Å²) in [5, 5.41) is 0. The molecular weight excluding hydrogens is 294 g/mol. The summed E-state index contributed by atoms with van der Waals surface area (Å²) in [6.45, 7) is 1.94. The van der Waals surface area contributed by atoms with Crippen LogP contribution in [0.2, 0.25) is 0 Å². The van der Waals surface area contributed by atoms with Crippen molar-refractivity contribution < 1.29 is 9.47 Å². The Bertz CT molecular complexity index is 463. The van der Waals surface area contributed by atoms with E-state index in [2.05, 4.69) is 40.0 Å². The van der Waals surface area contributed by atoms with Gasteiger partial charge in [0.25, 0.3) is 0 Å². The lowest BCUT2D eigenvalue weighted by atomic mass is 9.82. The van der Waals surface area contributed by atoms with E-state index < -0.39 is 0 Å². The number of fused-ring (bicyclic) bond motifs is 3. The zero-order valence-electron chi connectivity index (χ0n) is 10.8. The van der Waals surface area contributed by atoms with Gasteiger partial charge in [-0.25, -0.2) is 0 Å². The Hall–Kier alpha value is -0.740. The van der Waals surface area contributed by atoms with E-state index in [-0.39, 0.29) is 0 Å². The van der Waals surface area contributed by atoms with Crippen molar-refractivity contribution in [1.82, 2.24) is 4.90 Å². The fraction of sp³-hybridized carbons (Fsp3) is 0.571. The van der Waals surface area contributed by atoms with Crippen molar-refractivity contribution >= 4 is 15.9 Å². The lowest BCUT2D eigenvalue weighted by Crippen LogP contribution is -2.47. The third-order valence-electron chi connectivity index (χ3n) is 4.15. The summed E-state index contributed by atoms with van der Waals surface area (Å²) < 4.78 is 12.4. The molecule has 0 amide bonds. The minimum Gasteiger partial charge on any atom is -0.492 e. The molecule has 2 aliphatic rings. The molecule has 0 aliphatic carbocycles. The Kier molecular flexibility index (Phi) is 3.24. The number of nitrogens with zero attached hydrogens (tertiary/aromatic N) is 1. The highest BCUT2D eigenvalue weighted by molar-refractivity contribution is 9.10. The zero-order chi connectivity index (χ0) is 12.7. The smallest absolute Gasteiger partial charge is 0.175 e. The number of hydrogen-bond donors (Lipinski definition) is 0. The number of benzene rings is 1. The molecule has 2 aliphatic heterocycles. The number of hydrogen-bond acceptors (Lipinski definition) is 3. The maximum Gasteiger partial charge on any atom is 0.175 e. The topological polar surface area (TPSA) is 21.7 Å². The Balaban J connectivity index is 2.05. The number of ether oxygens (including phenoxy) is 2. The second kappa shape index (κ2) is 4.74. The van der Waals surface area contributed by atoms with E-state index in [4.69, 9.17) is 9.47 Å². The van der Waals surface area contributed by atoms with Gasteiger partial charge in [-0.05, 0) is 48.4 Å². The average molecular weight is 312 g/mol. The van der Waals surface area contributed by atoms with Gasteiger partial charge in [-0.2, -0.15) is 0 Å². The largest absolute Gasteiger partial charge is 0.492 e. The molecular formula is C14H18BrNO2. The van der Waals surface area contributed by atoms with E-state index in [9.17, 15) is 0 Å². The first-order valence-electron chi connectivity index (χ1n) is 6.41. The Morgan fingerprint density at radius 2 is 2.28 bits per heavy atom. The first-order chi connectivity index (χ1) is 8.72. The summed E-state index contributed by atoms with van der Waals surface area (Å²) in [4.78, 5) is 2.42. The second-order valence-electron chi connectivity index (χ2n) is 5.11. The summed E-state index contributed by atoms with van der Waals surface area (Å²) in [7, 11) is 3.89. The number of methoxy groups -OCH3 is 1. The maximum absolute atomic E-state index is 5.97. The van der Waals surface area contributed by atoms with Gasteiger partial charge >= 0.3 is 0 Å². The monoisotopic (exact) mass is 311 g/mol. The fourth-order valence-electron chi connectivity index (χ4n) is 3.19. The zero-order valence-corrected chi connectivity index (χ0v) is 12.4. The molecule has 98 valence electrons. The van der Waals surface area contributed by atoms with Crippen molar-refractivity contribution in [2.24, 2.45) is 0 Å². The van der Waals surface area contributed by atoms with Crippen LogP contribution in [0.3, 0.4) is 0 Å². The van der Waals surface area contributed by atoms with Crippen molar-refractivity contribution in [2.75, 3.05) is 27.3 Å². The summed E-state index contributed by atoms with van der Waals surface area (Å²) >= 11 is 3.52. The van der Waals surface area contributed by atoms with Crippen LogP contribution in [0, 0.1) is 0 Å². The first-order valence-corrected chi connectivity index (χ1v) is 7.21. The SMILES string of the molecule is COc1c(Br)ccc2c1OC[C@@H]1[C@@H]2CCCN1C. The second-order valence-corrected chi connectivity index (χ2v) is 5.96. The van der Waals surface area contributed by atoms with Crippen molar-refractivity contribution in [2.45, 2.75) is 24.8 Å². The molecule has 0 radical (unpaired) electrons. The standard InChI is InChI=1S/C14H18BrNO2/c1-16-7-3-4-9-10-5-6-11(15)14(17-2)13(10)18-8-12(9)16/h5-6,9,12H,3-4,7-8H2,1-2H3/t9-,12-/m1/s1. The lowest BCUT2D eigenvalue weighted by Gasteiger charge is -2.43. The van der Waals surface area contributed by atoms with Gasteiger partial charge in [0, 0.05) is 11.5 Å². The van der Waals surface area contributed by atoms with E-state index in [1.807, 2.05) is 0 Å². The molecule has 1 aromatic rings. The fourth-order valence-corrected chi connectivity index (χ4v) is 3.66. The molecule has 4 heteroatoms. The number of piperidine rings is 1. The van der Waals surface area contributed by atoms with Gasteiger partial charge in [-0.15, -0.1) is 0 Å². The van der Waals surface area contributed by atoms with Crippen LogP contribution in [0.15, 0.2) is 16.6 Å². The third-order valence-corrected chi connectivity index (χ3v) is 4.78. The first kappa shape index (κ1) is 12.3. The molecule has 0 saturated carbocycles. The molecule has 1 saturated heterocycles. The normalized spacial score (nSPS) is 27.1. The van der Waals surface area contributed by atoms with Gasteiger partial charge in [0.1, 0.15) is 6.61 Å². The molecule has 2 heterocycles. The van der Waals surface area contributed by atoms with E-state index in [0.29, 0.717) is 12.0 Å². The molecule has 0 N–H and O–H groups in total. The van der Waals surface area contributed by atoms with Crippen LogP contribution in [0.5, 0.6) is 11.5 Å². The predicted octanol–water partition coefficient (Wildman–Crippen LogP) is 3.03. The van der Waals surface area contributed by atoms with Gasteiger partial charge in [0.05, 0.1) is 17.6 Å². The van der Waals surface area contributed by atoms with E-state index in [1.54, 1.807) is 7.11 Å². The van der Waals surface area contributed by atoms with Crippen LogP contribution in [0.25, 0.3) is 0 Å². The van der Waals surface area contributed by atoms with Crippen LogP contribution in [-0.4, -0.2) is 38.3 Å². The summed E-state index contributed by atoms with van der Waals surface area (Å²) in [5.41, 5.74) is 1.30. The minimum atomic E-state index is 0.511. The molecule has 0 bridgehead atoms. The predicted molar refractivity (Wildman–Crippen MR) is 74.6 cm³/mol. The Morgan fingerprint density at radius 1 is 1.44 bits per heavy atom. The molecule has 18 heavy (non-hydrogen) atoms. The van der Waals surface area contributed by atoms with Crippen LogP contribution in [0.4, 0.5) is 0 Å². The summed E-state index contributed by atoms with van der Waals surface area (Å²) in [6, 6.07) is 4.76. The van der Waals surface area contributed by atoms with Crippen molar-refractivity contribution in [3.05, 3.63) is 22.2 Å². The molecule has 0 spiro atoms. The summed E-state index contributed by atoms with van der Waals surface area (Å²) in [5.74, 6) is 2.34. The molecule has 3 nitrogen and oxygen atoms in total. The van der Waals surface area contributed by atoms with Crippen LogP contribution in [0.1, 0.15) is 24.3 Å². The van der Waals surface area contributed by atoms with Gasteiger partial charge in [0.15, 0.2) is 11.5 Å². The number of likely N-dealkylation sites (tertiary alicyclic amines) is 1. The highest BCUT2D eigenvalue weighted by Gasteiger charge is 2.37. The highest BCUT2D eigenvalue weighted by Crippen LogP contribution is 2.47. The average Bonchev–Trinajstić information content (AvgIpc) is 2.38. The molecule has 1 aromatic carbocycles. The summed E-state index contributed by atoms with van der Waals surface area (Å²) in [6.07, 6.45) is 2.51. The number of halogens is 1. The van der Waals surface area contributed by atoms with Crippen molar-refractivity contribution in [1.29, 1.82) is 0 Å². The van der Waals surface area contributed by atoms with Crippen molar-refractivity contribution in [3.63, 3.8) is 0 Å².